The third-order valence-corrected chi connectivity index (χ3v) is 4.92. The van der Waals surface area contributed by atoms with Crippen molar-refractivity contribution in [1.29, 1.82) is 0 Å². The van der Waals surface area contributed by atoms with Crippen molar-refractivity contribution < 1.29 is 0 Å². The van der Waals surface area contributed by atoms with Crippen molar-refractivity contribution in [2.24, 2.45) is 0 Å². The van der Waals surface area contributed by atoms with Gasteiger partial charge in [-0.1, -0.05) is 54.1 Å². The number of benzene rings is 4. The molecule has 2 heteroatoms. The van der Waals surface area contributed by atoms with Gasteiger partial charge in [0.05, 0.1) is 0 Å². The molecule has 0 amide bonds. The second-order valence-corrected chi connectivity index (χ2v) is 7.18. The second kappa shape index (κ2) is 7.61. The molecule has 2 N–H and O–H groups in total. The lowest BCUT2D eigenvalue weighted by atomic mass is 10.0. The Labute approximate surface area is 166 Å². The molecular weight excluding hydrogens is 340 g/mol. The zero-order valence-corrected chi connectivity index (χ0v) is 16.3. The summed E-state index contributed by atoms with van der Waals surface area (Å²) < 4.78 is 0. The van der Waals surface area contributed by atoms with Crippen LogP contribution in [-0.4, -0.2) is 0 Å². The van der Waals surface area contributed by atoms with Crippen LogP contribution in [0.15, 0.2) is 97.1 Å². The first-order valence-electron chi connectivity index (χ1n) is 9.49. The van der Waals surface area contributed by atoms with E-state index in [9.17, 15) is 0 Å². The average molecular weight is 364 g/mol. The molecule has 0 spiro atoms. The summed E-state index contributed by atoms with van der Waals surface area (Å²) in [5, 5.41) is 0. The van der Waals surface area contributed by atoms with Gasteiger partial charge in [0.25, 0.3) is 0 Å². The van der Waals surface area contributed by atoms with E-state index in [4.69, 9.17) is 5.73 Å². The van der Waals surface area contributed by atoms with E-state index in [-0.39, 0.29) is 0 Å². The third-order valence-electron chi connectivity index (χ3n) is 4.92. The van der Waals surface area contributed by atoms with E-state index < -0.39 is 0 Å². The number of anilines is 4. The Morgan fingerprint density at radius 3 is 1.64 bits per heavy atom. The Bertz CT molecular complexity index is 1060. The average Bonchev–Trinajstić information content (AvgIpc) is 2.71. The highest BCUT2D eigenvalue weighted by molar-refractivity contribution is 5.78. The van der Waals surface area contributed by atoms with E-state index in [1.165, 1.54) is 16.7 Å². The highest BCUT2D eigenvalue weighted by Gasteiger charge is 2.12. The minimum atomic E-state index is 0.783. The van der Waals surface area contributed by atoms with Crippen LogP contribution in [0.2, 0.25) is 0 Å². The van der Waals surface area contributed by atoms with Crippen molar-refractivity contribution in [3.63, 3.8) is 0 Å². The van der Waals surface area contributed by atoms with Crippen molar-refractivity contribution in [3.8, 4) is 11.1 Å². The molecule has 4 aromatic carbocycles. The number of aryl methyl sites for hydroxylation is 2. The zero-order valence-electron chi connectivity index (χ0n) is 16.3. The minimum absolute atomic E-state index is 0.783. The van der Waals surface area contributed by atoms with Gasteiger partial charge in [0.2, 0.25) is 0 Å². The standard InChI is InChI=1S/C26H24N2/c1-19-6-14-24(15-7-19)28(26-5-3-4-20(2)18-26)25-16-10-22(11-17-25)21-8-12-23(27)13-9-21/h3-18H,27H2,1-2H3. The number of nitrogens with zero attached hydrogens (tertiary/aromatic N) is 1. The maximum atomic E-state index is 5.81. The number of rotatable bonds is 4. The third kappa shape index (κ3) is 3.77. The Morgan fingerprint density at radius 2 is 1.07 bits per heavy atom. The zero-order chi connectivity index (χ0) is 19.5. The largest absolute Gasteiger partial charge is 0.399 e. The molecular formula is C26H24N2. The molecule has 2 nitrogen and oxygen atoms in total. The highest BCUT2D eigenvalue weighted by atomic mass is 15.1. The van der Waals surface area contributed by atoms with Gasteiger partial charge in [-0.3, -0.25) is 0 Å². The van der Waals surface area contributed by atoms with Gasteiger partial charge in [0, 0.05) is 22.7 Å². The highest BCUT2D eigenvalue weighted by Crippen LogP contribution is 2.36. The fourth-order valence-electron chi connectivity index (χ4n) is 3.39. The lowest BCUT2D eigenvalue weighted by Gasteiger charge is -2.26. The van der Waals surface area contributed by atoms with Gasteiger partial charge >= 0.3 is 0 Å². The lowest BCUT2D eigenvalue weighted by molar-refractivity contribution is 1.26. The van der Waals surface area contributed by atoms with Gasteiger partial charge in [0.15, 0.2) is 0 Å². The summed E-state index contributed by atoms with van der Waals surface area (Å²) in [4.78, 5) is 2.29. The number of hydrogen-bond acceptors (Lipinski definition) is 2. The van der Waals surface area contributed by atoms with Crippen molar-refractivity contribution in [3.05, 3.63) is 108 Å². The van der Waals surface area contributed by atoms with E-state index in [1.807, 2.05) is 12.1 Å². The van der Waals surface area contributed by atoms with Crippen LogP contribution in [-0.2, 0) is 0 Å². The summed E-state index contributed by atoms with van der Waals surface area (Å²) in [5.74, 6) is 0. The first-order valence-corrected chi connectivity index (χ1v) is 9.49. The van der Waals surface area contributed by atoms with Gasteiger partial charge in [-0.2, -0.15) is 0 Å². The van der Waals surface area contributed by atoms with Crippen molar-refractivity contribution in [1.82, 2.24) is 0 Å². The van der Waals surface area contributed by atoms with Crippen LogP contribution in [0.3, 0.4) is 0 Å². The smallest absolute Gasteiger partial charge is 0.0464 e. The van der Waals surface area contributed by atoms with Crippen molar-refractivity contribution >= 4 is 22.7 Å². The number of nitrogens with two attached hydrogens (primary N) is 1. The van der Waals surface area contributed by atoms with Crippen molar-refractivity contribution in [2.75, 3.05) is 10.6 Å². The molecule has 0 aromatic heterocycles. The monoisotopic (exact) mass is 364 g/mol. The summed E-state index contributed by atoms with van der Waals surface area (Å²) in [6.45, 7) is 4.24. The van der Waals surface area contributed by atoms with E-state index >= 15 is 0 Å². The van der Waals surface area contributed by atoms with Crippen LogP contribution < -0.4 is 10.6 Å². The molecule has 4 aromatic rings. The molecule has 0 aliphatic carbocycles. The summed E-state index contributed by atoms with van der Waals surface area (Å²) in [6.07, 6.45) is 0. The lowest BCUT2D eigenvalue weighted by Crippen LogP contribution is -2.10. The molecule has 4 rings (SSSR count). The molecule has 0 saturated heterocycles. The maximum absolute atomic E-state index is 5.81. The quantitative estimate of drug-likeness (QED) is 0.394. The van der Waals surface area contributed by atoms with Crippen molar-refractivity contribution in [2.45, 2.75) is 13.8 Å². The van der Waals surface area contributed by atoms with E-state index in [0.717, 1.165) is 28.3 Å². The first kappa shape index (κ1) is 17.9. The normalized spacial score (nSPS) is 10.6. The number of nitrogen functional groups attached to an aromatic ring is 1. The molecule has 0 atom stereocenters. The predicted octanol–water partition coefficient (Wildman–Crippen LogP) is 7.02. The number of hydrogen-bond donors (Lipinski definition) is 1. The SMILES string of the molecule is Cc1ccc(N(c2ccc(-c3ccc(N)cc3)cc2)c2cccc(C)c2)cc1. The fraction of sp³-hybridized carbons (Fsp3) is 0.0769. The predicted molar refractivity (Wildman–Crippen MR) is 120 cm³/mol. The molecule has 0 aliphatic rings. The van der Waals surface area contributed by atoms with Crippen LogP contribution in [0, 0.1) is 13.8 Å². The minimum Gasteiger partial charge on any atom is -0.399 e. The van der Waals surface area contributed by atoms with E-state index in [0.29, 0.717) is 0 Å². The fourth-order valence-corrected chi connectivity index (χ4v) is 3.39. The van der Waals surface area contributed by atoms with Gasteiger partial charge in [0.1, 0.15) is 0 Å². The summed E-state index contributed by atoms with van der Waals surface area (Å²) in [7, 11) is 0. The maximum Gasteiger partial charge on any atom is 0.0464 e. The van der Waals surface area contributed by atoms with Crippen LogP contribution in [0.25, 0.3) is 11.1 Å². The summed E-state index contributed by atoms with van der Waals surface area (Å²) in [5.41, 5.74) is 14.9. The molecule has 0 heterocycles. The molecule has 28 heavy (non-hydrogen) atoms. The molecule has 0 saturated carbocycles. The van der Waals surface area contributed by atoms with Crippen LogP contribution in [0.1, 0.15) is 11.1 Å². The molecule has 0 unspecified atom stereocenters. The van der Waals surface area contributed by atoms with Crippen LogP contribution in [0.5, 0.6) is 0 Å². The van der Waals surface area contributed by atoms with Gasteiger partial charge in [-0.15, -0.1) is 0 Å². The van der Waals surface area contributed by atoms with E-state index in [2.05, 4.69) is 104 Å². The first-order chi connectivity index (χ1) is 13.6. The molecule has 0 bridgehead atoms. The van der Waals surface area contributed by atoms with Crippen LogP contribution >= 0.6 is 0 Å². The topological polar surface area (TPSA) is 29.3 Å². The van der Waals surface area contributed by atoms with Gasteiger partial charge < -0.3 is 10.6 Å². The van der Waals surface area contributed by atoms with Gasteiger partial charge in [-0.05, 0) is 79.1 Å². The summed E-state index contributed by atoms with van der Waals surface area (Å²) in [6, 6.07) is 33.9. The van der Waals surface area contributed by atoms with Gasteiger partial charge in [-0.25, -0.2) is 0 Å². The second-order valence-electron chi connectivity index (χ2n) is 7.18. The van der Waals surface area contributed by atoms with E-state index in [1.54, 1.807) is 0 Å². The molecule has 0 fully saturated rings. The molecule has 0 aliphatic heterocycles. The Morgan fingerprint density at radius 1 is 0.536 bits per heavy atom. The van der Waals surface area contributed by atoms with Crippen LogP contribution in [0.4, 0.5) is 22.7 Å². The molecule has 0 radical (unpaired) electrons. The Hall–Kier alpha value is -3.52. The summed E-state index contributed by atoms with van der Waals surface area (Å²) >= 11 is 0. The molecule has 138 valence electrons. The Balaban J connectivity index is 1.76. The Kier molecular flexibility index (Phi) is 4.86.